The van der Waals surface area contributed by atoms with Gasteiger partial charge in [-0.3, -0.25) is 9.88 Å². The van der Waals surface area contributed by atoms with Crippen molar-refractivity contribution in [2.24, 2.45) is 0 Å². The molecule has 4 heterocycles. The number of pyridine rings is 1. The second kappa shape index (κ2) is 6.43. The third kappa shape index (κ3) is 3.05. The molecule has 0 saturated carbocycles. The first kappa shape index (κ1) is 18.4. The predicted molar refractivity (Wildman–Crippen MR) is 105 cm³/mol. The number of fused-ring (bicyclic) bond motifs is 3. The van der Waals surface area contributed by atoms with E-state index in [9.17, 15) is 8.78 Å². The molecule has 1 atom stereocenters. The molecule has 5 rings (SSSR count). The number of alkyl halides is 2. The lowest BCUT2D eigenvalue weighted by Gasteiger charge is -2.22. The molecule has 0 radical (unpaired) electrons. The van der Waals surface area contributed by atoms with Crippen molar-refractivity contribution < 1.29 is 8.78 Å². The number of hydrogen-bond donors (Lipinski definition) is 0. The maximum atomic E-state index is 15.0. The van der Waals surface area contributed by atoms with E-state index < -0.39 is 12.0 Å². The Morgan fingerprint density at radius 2 is 2.10 bits per heavy atom. The van der Waals surface area contributed by atoms with Crippen LogP contribution in [0.5, 0.6) is 0 Å². The first-order valence-electron chi connectivity index (χ1n) is 9.20. The van der Waals surface area contributed by atoms with E-state index in [2.05, 4.69) is 20.3 Å². The Morgan fingerprint density at radius 1 is 1.28 bits per heavy atom. The number of benzene rings is 1. The van der Waals surface area contributed by atoms with E-state index in [1.54, 1.807) is 51.8 Å². The summed E-state index contributed by atoms with van der Waals surface area (Å²) in [6, 6.07) is 4.22. The van der Waals surface area contributed by atoms with E-state index >= 15 is 0 Å². The second-order valence-electron chi connectivity index (χ2n) is 7.58. The van der Waals surface area contributed by atoms with Crippen LogP contribution in [0.1, 0.15) is 17.6 Å². The number of nitrogens with zero attached hydrogens (tertiary/aromatic N) is 7. The SMILES string of the molecule is Cc1cn(Cc2nc3cnc4ccc(Cl)cc4c3n2C2CN(C)CC2(F)F)nn1. The van der Waals surface area contributed by atoms with E-state index in [1.165, 1.54) is 0 Å². The van der Waals surface area contributed by atoms with Gasteiger partial charge in [0.15, 0.2) is 0 Å². The maximum Gasteiger partial charge on any atom is 0.282 e. The number of hydrogen-bond acceptors (Lipinski definition) is 5. The Labute approximate surface area is 169 Å². The molecule has 0 amide bonds. The zero-order valence-electron chi connectivity index (χ0n) is 15.8. The van der Waals surface area contributed by atoms with Crippen LogP contribution in [0.4, 0.5) is 8.78 Å². The highest BCUT2D eigenvalue weighted by atomic mass is 35.5. The van der Waals surface area contributed by atoms with E-state index in [1.807, 2.05) is 6.92 Å². The topological polar surface area (TPSA) is 64.7 Å². The molecule has 0 N–H and O–H groups in total. The van der Waals surface area contributed by atoms with Gasteiger partial charge in [-0.1, -0.05) is 16.8 Å². The minimum Gasteiger partial charge on any atom is -0.315 e. The summed E-state index contributed by atoms with van der Waals surface area (Å²) in [6.45, 7) is 1.97. The number of imidazole rings is 1. The largest absolute Gasteiger partial charge is 0.315 e. The number of rotatable bonds is 3. The summed E-state index contributed by atoms with van der Waals surface area (Å²) in [4.78, 5) is 10.7. The van der Waals surface area contributed by atoms with E-state index in [-0.39, 0.29) is 19.6 Å². The van der Waals surface area contributed by atoms with Crippen molar-refractivity contribution in [3.05, 3.63) is 47.1 Å². The van der Waals surface area contributed by atoms with E-state index in [4.69, 9.17) is 11.6 Å². The van der Waals surface area contributed by atoms with Crippen LogP contribution in [0.2, 0.25) is 5.02 Å². The zero-order chi connectivity index (χ0) is 20.3. The Balaban J connectivity index is 1.79. The Hall–Kier alpha value is -2.65. The van der Waals surface area contributed by atoms with Gasteiger partial charge in [0.2, 0.25) is 0 Å². The highest BCUT2D eigenvalue weighted by Crippen LogP contribution is 2.40. The first-order chi connectivity index (χ1) is 13.8. The van der Waals surface area contributed by atoms with Crippen molar-refractivity contribution in [2.75, 3.05) is 20.1 Å². The molecule has 1 aromatic carbocycles. The van der Waals surface area contributed by atoms with Crippen molar-refractivity contribution in [3.8, 4) is 0 Å². The van der Waals surface area contributed by atoms with Gasteiger partial charge < -0.3 is 4.57 Å². The fraction of sp³-hybridized carbons (Fsp3) is 0.368. The molecular formula is C19H18ClF2N7. The van der Waals surface area contributed by atoms with Gasteiger partial charge in [0, 0.05) is 23.2 Å². The Kier molecular flexibility index (Phi) is 4.08. The lowest BCUT2D eigenvalue weighted by atomic mass is 10.1. The van der Waals surface area contributed by atoms with Gasteiger partial charge in [-0.15, -0.1) is 5.10 Å². The van der Waals surface area contributed by atoms with Crippen LogP contribution in [-0.4, -0.2) is 60.5 Å². The third-order valence-corrected chi connectivity index (χ3v) is 5.51. The van der Waals surface area contributed by atoms with Gasteiger partial charge in [0.1, 0.15) is 23.9 Å². The normalized spacial score (nSPS) is 19.6. The highest BCUT2D eigenvalue weighted by molar-refractivity contribution is 6.31. The second-order valence-corrected chi connectivity index (χ2v) is 8.02. The molecule has 0 spiro atoms. The molecule has 1 fully saturated rings. The molecule has 4 aromatic rings. The van der Waals surface area contributed by atoms with Crippen LogP contribution >= 0.6 is 11.6 Å². The Morgan fingerprint density at radius 3 is 2.79 bits per heavy atom. The molecule has 29 heavy (non-hydrogen) atoms. The average molecular weight is 418 g/mol. The highest BCUT2D eigenvalue weighted by Gasteiger charge is 2.49. The van der Waals surface area contributed by atoms with E-state index in [0.717, 1.165) is 5.69 Å². The van der Waals surface area contributed by atoms with Crippen molar-refractivity contribution in [3.63, 3.8) is 0 Å². The number of likely N-dealkylation sites (tertiary alicyclic amines) is 1. The van der Waals surface area contributed by atoms with Crippen molar-refractivity contribution in [1.29, 1.82) is 0 Å². The number of halogens is 3. The Bertz CT molecular complexity index is 1230. The number of aryl methyl sites for hydroxylation is 1. The van der Waals surface area contributed by atoms with Crippen LogP contribution in [0.25, 0.3) is 21.9 Å². The number of likely N-dealkylation sites (N-methyl/N-ethyl adjacent to an activating group) is 1. The molecule has 0 aliphatic carbocycles. The first-order valence-corrected chi connectivity index (χ1v) is 9.58. The summed E-state index contributed by atoms with van der Waals surface area (Å²) >= 11 is 6.21. The predicted octanol–water partition coefficient (Wildman–Crippen LogP) is 3.31. The molecule has 7 nitrogen and oxygen atoms in total. The molecular weight excluding hydrogens is 400 g/mol. The third-order valence-electron chi connectivity index (χ3n) is 5.27. The quantitative estimate of drug-likeness (QED) is 0.511. The standard InChI is InChI=1S/C19H18ClF2N7/c1-11-7-28(26-25-11)9-17-24-15-6-23-14-4-3-12(20)5-13(14)18(15)29(17)16-8-27(2)10-19(16,21)22/h3-7,16H,8-10H2,1-2H3. The molecule has 1 aliphatic rings. The maximum absolute atomic E-state index is 15.0. The van der Waals surface area contributed by atoms with Crippen LogP contribution in [0.3, 0.4) is 0 Å². The monoisotopic (exact) mass is 417 g/mol. The van der Waals surface area contributed by atoms with Crippen LogP contribution in [0, 0.1) is 6.92 Å². The molecule has 150 valence electrons. The summed E-state index contributed by atoms with van der Waals surface area (Å²) in [6.07, 6.45) is 3.38. The van der Waals surface area contributed by atoms with E-state index in [0.29, 0.717) is 32.8 Å². The summed E-state index contributed by atoms with van der Waals surface area (Å²) in [7, 11) is 1.70. The summed E-state index contributed by atoms with van der Waals surface area (Å²) < 4.78 is 33.2. The smallest absolute Gasteiger partial charge is 0.282 e. The minimum absolute atomic E-state index is 0.215. The summed E-state index contributed by atoms with van der Waals surface area (Å²) in [5.74, 6) is -2.41. The summed E-state index contributed by atoms with van der Waals surface area (Å²) in [5, 5.41) is 9.26. The zero-order valence-corrected chi connectivity index (χ0v) is 16.6. The molecule has 0 bridgehead atoms. The van der Waals surface area contributed by atoms with Crippen molar-refractivity contribution in [2.45, 2.75) is 25.4 Å². The molecule has 3 aromatic heterocycles. The number of aromatic nitrogens is 6. The fourth-order valence-corrected chi connectivity index (χ4v) is 4.26. The van der Waals surface area contributed by atoms with Gasteiger partial charge in [-0.2, -0.15) is 0 Å². The van der Waals surface area contributed by atoms with Gasteiger partial charge >= 0.3 is 0 Å². The van der Waals surface area contributed by atoms with Gasteiger partial charge in [-0.05, 0) is 32.2 Å². The van der Waals surface area contributed by atoms with Gasteiger partial charge in [-0.25, -0.2) is 18.4 Å². The van der Waals surface area contributed by atoms with Gasteiger partial charge in [0.05, 0.1) is 29.5 Å². The fourth-order valence-electron chi connectivity index (χ4n) is 4.09. The average Bonchev–Trinajstić information content (AvgIpc) is 3.29. The molecule has 1 aliphatic heterocycles. The lowest BCUT2D eigenvalue weighted by molar-refractivity contribution is -0.0202. The van der Waals surface area contributed by atoms with Crippen LogP contribution in [0.15, 0.2) is 30.6 Å². The van der Waals surface area contributed by atoms with Crippen molar-refractivity contribution in [1.82, 2.24) is 34.4 Å². The van der Waals surface area contributed by atoms with Crippen molar-refractivity contribution >= 4 is 33.5 Å². The lowest BCUT2D eigenvalue weighted by Crippen LogP contribution is -2.31. The van der Waals surface area contributed by atoms with Crippen LogP contribution in [-0.2, 0) is 6.54 Å². The summed E-state index contributed by atoms with van der Waals surface area (Å²) in [5.41, 5.74) is 2.60. The minimum atomic E-state index is -2.90. The molecule has 10 heteroatoms. The van der Waals surface area contributed by atoms with Crippen LogP contribution < -0.4 is 0 Å². The molecule has 1 unspecified atom stereocenters. The van der Waals surface area contributed by atoms with Gasteiger partial charge in [0.25, 0.3) is 5.92 Å². The molecule has 1 saturated heterocycles.